The van der Waals surface area contributed by atoms with Crippen LogP contribution in [0.15, 0.2) is 46.1 Å². The molecule has 16 heteroatoms. The fourth-order valence-electron chi connectivity index (χ4n) is 4.89. The smallest absolute Gasteiger partial charge is 0.407 e. The first kappa shape index (κ1) is 38.9. The molecule has 0 radical (unpaired) electrons. The molecule has 3 amide bonds. The van der Waals surface area contributed by atoms with Crippen LogP contribution in [0.4, 0.5) is 9.18 Å². The number of alkyl carbamates (subject to hydrolysis) is 1. The molecule has 2 heterocycles. The lowest BCUT2D eigenvalue weighted by Crippen LogP contribution is -2.58. The number of hydrogen-bond acceptors (Lipinski definition) is 10. The molecule has 1 aromatic heterocycles. The number of esters is 1. The Bertz CT molecular complexity index is 1530. The average Bonchev–Trinajstić information content (AvgIpc) is 3.02. The van der Waals surface area contributed by atoms with Crippen molar-refractivity contribution in [3.8, 4) is 0 Å². The van der Waals surface area contributed by atoms with E-state index in [0.717, 1.165) is 18.4 Å². The number of ether oxygens (including phenoxy) is 4. The van der Waals surface area contributed by atoms with E-state index in [2.05, 4.69) is 16.0 Å². The number of aromatic amines is 1. The lowest BCUT2D eigenvalue weighted by atomic mass is 9.98. The predicted molar refractivity (Wildman–Crippen MR) is 174 cm³/mol. The first-order valence-electron chi connectivity index (χ1n) is 16.1. The second kappa shape index (κ2) is 18.3. The molecule has 49 heavy (non-hydrogen) atoms. The van der Waals surface area contributed by atoms with Crippen LogP contribution in [0.25, 0.3) is 0 Å². The molecule has 1 saturated heterocycles. The van der Waals surface area contributed by atoms with E-state index in [-0.39, 0.29) is 18.8 Å². The first-order chi connectivity index (χ1) is 23.1. The molecule has 1 aromatic carbocycles. The Hall–Kier alpha value is -4.57. The van der Waals surface area contributed by atoms with Gasteiger partial charge in [0.25, 0.3) is 11.5 Å². The minimum atomic E-state index is -1.32. The van der Waals surface area contributed by atoms with Gasteiger partial charge >= 0.3 is 17.8 Å². The van der Waals surface area contributed by atoms with Crippen molar-refractivity contribution in [1.29, 1.82) is 0 Å². The molecular formula is C33H46FN5O10. The van der Waals surface area contributed by atoms with Crippen LogP contribution in [-0.4, -0.2) is 76.7 Å². The van der Waals surface area contributed by atoms with Crippen molar-refractivity contribution in [3.05, 3.63) is 68.7 Å². The highest BCUT2D eigenvalue weighted by molar-refractivity contribution is 5.91. The Balaban J connectivity index is 1.78. The van der Waals surface area contributed by atoms with Gasteiger partial charge in [-0.25, -0.2) is 9.59 Å². The van der Waals surface area contributed by atoms with Gasteiger partial charge in [0.1, 0.15) is 18.2 Å². The molecule has 1 aliphatic heterocycles. The Kier molecular flexibility index (Phi) is 14.5. The highest BCUT2D eigenvalue weighted by atomic mass is 19.1. The SMILES string of the molecule is CC(C)C[C@H](NC(=O)[C@@H](OC1CCCCO1)[C@@H](Cc1ccccc1)NC(=O)OC(C)(C)C)C(=O)NCC(=O)OCn1cc(F)c(=O)[nH]c1=O. The third-order valence-corrected chi connectivity index (χ3v) is 7.14. The number of rotatable bonds is 15. The Labute approximate surface area is 283 Å². The fourth-order valence-corrected chi connectivity index (χ4v) is 4.89. The third-order valence-electron chi connectivity index (χ3n) is 7.14. The van der Waals surface area contributed by atoms with Gasteiger partial charge in [0.15, 0.2) is 19.1 Å². The maximum Gasteiger partial charge on any atom is 0.407 e. The summed E-state index contributed by atoms with van der Waals surface area (Å²) >= 11 is 0. The molecular weight excluding hydrogens is 645 g/mol. The molecule has 4 N–H and O–H groups in total. The molecule has 0 aliphatic carbocycles. The van der Waals surface area contributed by atoms with E-state index < -0.39 is 84.3 Å². The van der Waals surface area contributed by atoms with Crippen LogP contribution in [0.5, 0.6) is 0 Å². The number of aromatic nitrogens is 2. The first-order valence-corrected chi connectivity index (χ1v) is 16.1. The zero-order chi connectivity index (χ0) is 36.1. The highest BCUT2D eigenvalue weighted by Crippen LogP contribution is 2.20. The van der Waals surface area contributed by atoms with Crippen LogP contribution in [0, 0.1) is 11.7 Å². The van der Waals surface area contributed by atoms with Gasteiger partial charge in [0.2, 0.25) is 11.7 Å². The van der Waals surface area contributed by atoms with Gasteiger partial charge in [-0.1, -0.05) is 44.2 Å². The van der Waals surface area contributed by atoms with Gasteiger partial charge in [0.05, 0.1) is 12.2 Å². The van der Waals surface area contributed by atoms with Crippen molar-refractivity contribution < 1.29 is 42.5 Å². The minimum Gasteiger partial charge on any atom is -0.444 e. The number of carbonyl (C=O) groups excluding carboxylic acids is 4. The van der Waals surface area contributed by atoms with E-state index in [1.807, 2.05) is 44.2 Å². The van der Waals surface area contributed by atoms with Gasteiger partial charge in [-0.3, -0.25) is 28.7 Å². The van der Waals surface area contributed by atoms with E-state index in [1.165, 1.54) is 0 Å². The molecule has 1 aliphatic rings. The van der Waals surface area contributed by atoms with Gasteiger partial charge < -0.3 is 34.9 Å². The molecule has 1 unspecified atom stereocenters. The summed E-state index contributed by atoms with van der Waals surface area (Å²) in [4.78, 5) is 77.5. The number of carbonyl (C=O) groups is 4. The number of amides is 3. The molecule has 1 fully saturated rings. The summed E-state index contributed by atoms with van der Waals surface area (Å²) in [6.45, 7) is 7.89. The van der Waals surface area contributed by atoms with E-state index in [0.29, 0.717) is 23.8 Å². The molecule has 0 saturated carbocycles. The number of nitrogens with one attached hydrogen (secondary N) is 4. The van der Waals surface area contributed by atoms with Gasteiger partial charge in [-0.15, -0.1) is 0 Å². The highest BCUT2D eigenvalue weighted by Gasteiger charge is 2.37. The van der Waals surface area contributed by atoms with Crippen molar-refractivity contribution in [2.45, 2.75) is 104 Å². The lowest BCUT2D eigenvalue weighted by molar-refractivity contribution is -0.197. The topological polar surface area (TPSA) is 196 Å². The number of nitrogens with zero attached hydrogens (tertiary/aromatic N) is 1. The minimum absolute atomic E-state index is 0.0777. The summed E-state index contributed by atoms with van der Waals surface area (Å²) in [7, 11) is 0. The summed E-state index contributed by atoms with van der Waals surface area (Å²) in [6, 6.07) is 7.10. The molecule has 15 nitrogen and oxygen atoms in total. The summed E-state index contributed by atoms with van der Waals surface area (Å²) < 4.78 is 36.6. The number of benzene rings is 1. The number of hydrogen-bond donors (Lipinski definition) is 4. The fraction of sp³-hybridized carbons (Fsp3) is 0.576. The molecule has 2 aromatic rings. The monoisotopic (exact) mass is 691 g/mol. The zero-order valence-electron chi connectivity index (χ0n) is 28.4. The Morgan fingerprint density at radius 3 is 2.41 bits per heavy atom. The van der Waals surface area contributed by atoms with E-state index in [1.54, 1.807) is 25.8 Å². The van der Waals surface area contributed by atoms with Crippen LogP contribution in [0.2, 0.25) is 0 Å². The van der Waals surface area contributed by atoms with Crippen molar-refractivity contribution in [3.63, 3.8) is 0 Å². The summed E-state index contributed by atoms with van der Waals surface area (Å²) in [5.41, 5.74) is -2.23. The quantitative estimate of drug-likeness (QED) is 0.200. The van der Waals surface area contributed by atoms with Gasteiger partial charge in [0, 0.05) is 6.61 Å². The zero-order valence-corrected chi connectivity index (χ0v) is 28.4. The third kappa shape index (κ3) is 13.5. The summed E-state index contributed by atoms with van der Waals surface area (Å²) in [6.07, 6.45) is 0.276. The second-order valence-electron chi connectivity index (χ2n) is 13.1. The lowest BCUT2D eigenvalue weighted by Gasteiger charge is -2.33. The Morgan fingerprint density at radius 1 is 1.06 bits per heavy atom. The van der Waals surface area contributed by atoms with Crippen LogP contribution in [0.1, 0.15) is 65.9 Å². The normalized spacial score (nSPS) is 16.6. The van der Waals surface area contributed by atoms with Crippen molar-refractivity contribution in [1.82, 2.24) is 25.5 Å². The standard InChI is InChI=1S/C33H46FN5O10/c1-20(2)15-24(29(42)35-17-25(40)47-19-39-18-22(34)28(41)38-31(39)44)36-30(43)27(48-26-13-9-10-14-46-26)23(16-21-11-7-6-8-12-21)37-32(45)49-33(3,4)5/h6-8,11-12,18,20,23-24,26-27H,9-10,13-17,19H2,1-5H3,(H,35,42)(H,36,43)(H,37,45)(H,38,41,44)/t23-,24+,26?,27+/m1/s1. The molecule has 4 atom stereocenters. The summed E-state index contributed by atoms with van der Waals surface area (Å²) in [5.74, 6) is -3.71. The van der Waals surface area contributed by atoms with Crippen LogP contribution in [0.3, 0.4) is 0 Å². The maximum atomic E-state index is 14.0. The van der Waals surface area contributed by atoms with Gasteiger partial charge in [-0.2, -0.15) is 4.39 Å². The number of H-pyrrole nitrogens is 1. The molecule has 0 spiro atoms. The van der Waals surface area contributed by atoms with Crippen LogP contribution < -0.4 is 27.2 Å². The molecule has 270 valence electrons. The van der Waals surface area contributed by atoms with E-state index in [9.17, 15) is 33.2 Å². The van der Waals surface area contributed by atoms with Crippen LogP contribution >= 0.6 is 0 Å². The number of halogens is 1. The van der Waals surface area contributed by atoms with E-state index in [4.69, 9.17) is 18.9 Å². The van der Waals surface area contributed by atoms with Crippen LogP contribution in [-0.2, 0) is 46.5 Å². The van der Waals surface area contributed by atoms with Gasteiger partial charge in [-0.05, 0) is 64.4 Å². The molecule has 0 bridgehead atoms. The second-order valence-corrected chi connectivity index (χ2v) is 13.1. The van der Waals surface area contributed by atoms with Crippen molar-refractivity contribution >= 4 is 23.9 Å². The predicted octanol–water partition coefficient (Wildman–Crippen LogP) is 1.87. The largest absolute Gasteiger partial charge is 0.444 e. The average molecular weight is 692 g/mol. The van der Waals surface area contributed by atoms with Crippen molar-refractivity contribution in [2.75, 3.05) is 13.2 Å². The van der Waals surface area contributed by atoms with Crippen molar-refractivity contribution in [2.24, 2.45) is 5.92 Å². The maximum absolute atomic E-state index is 14.0. The summed E-state index contributed by atoms with van der Waals surface area (Å²) in [5, 5.41) is 7.92. The molecule has 3 rings (SSSR count). The van der Waals surface area contributed by atoms with E-state index >= 15 is 0 Å². The Morgan fingerprint density at radius 2 is 1.78 bits per heavy atom.